The molecule has 0 aromatic heterocycles. The van der Waals surface area contributed by atoms with Gasteiger partial charge in [-0.25, -0.2) is 0 Å². The van der Waals surface area contributed by atoms with Crippen LogP contribution in [-0.4, -0.2) is 37.4 Å². The standard InChI is InChI=1S/C17H23NO3/c1-2-4-13(5-3-1)9-18-10-15(11-18)21-14-6-7-16-17(8-14)20-12-19-16/h6-8,13,15H,1-5,9-12H2. The Kier molecular flexibility index (Phi) is 3.63. The van der Waals surface area contributed by atoms with Crippen molar-refractivity contribution < 1.29 is 14.2 Å². The maximum atomic E-state index is 6.02. The molecule has 0 atom stereocenters. The third-order valence-corrected chi connectivity index (χ3v) is 4.81. The van der Waals surface area contributed by atoms with Gasteiger partial charge in [-0.3, -0.25) is 4.90 Å². The zero-order valence-corrected chi connectivity index (χ0v) is 12.4. The van der Waals surface area contributed by atoms with Crippen molar-refractivity contribution >= 4 is 0 Å². The molecule has 0 amide bonds. The average Bonchev–Trinajstić information content (AvgIpc) is 2.93. The summed E-state index contributed by atoms with van der Waals surface area (Å²) in [6.07, 6.45) is 7.46. The van der Waals surface area contributed by atoms with Gasteiger partial charge in [-0.1, -0.05) is 19.3 Å². The van der Waals surface area contributed by atoms with Crippen LogP contribution in [-0.2, 0) is 0 Å². The normalized spacial score (nSPS) is 23.0. The van der Waals surface area contributed by atoms with Crippen molar-refractivity contribution in [2.24, 2.45) is 5.92 Å². The minimum Gasteiger partial charge on any atom is -0.488 e. The van der Waals surface area contributed by atoms with Crippen molar-refractivity contribution in [2.75, 3.05) is 26.4 Å². The summed E-state index contributed by atoms with van der Waals surface area (Å²) in [5, 5.41) is 0. The smallest absolute Gasteiger partial charge is 0.231 e. The number of hydrogen-bond acceptors (Lipinski definition) is 4. The Labute approximate surface area is 126 Å². The fourth-order valence-corrected chi connectivity index (χ4v) is 3.62. The number of hydrogen-bond donors (Lipinski definition) is 0. The van der Waals surface area contributed by atoms with E-state index in [0.29, 0.717) is 12.9 Å². The zero-order valence-electron chi connectivity index (χ0n) is 12.4. The van der Waals surface area contributed by atoms with Crippen LogP contribution in [0.2, 0.25) is 0 Å². The van der Waals surface area contributed by atoms with Gasteiger partial charge >= 0.3 is 0 Å². The topological polar surface area (TPSA) is 30.9 Å². The number of rotatable bonds is 4. The van der Waals surface area contributed by atoms with Gasteiger partial charge in [0, 0.05) is 25.7 Å². The highest BCUT2D eigenvalue weighted by molar-refractivity contribution is 5.46. The Hall–Kier alpha value is -1.42. The molecule has 1 aromatic rings. The van der Waals surface area contributed by atoms with Gasteiger partial charge in [-0.05, 0) is 30.9 Å². The van der Waals surface area contributed by atoms with Gasteiger partial charge in [0.1, 0.15) is 11.9 Å². The molecule has 0 N–H and O–H groups in total. The summed E-state index contributed by atoms with van der Waals surface area (Å²) in [6.45, 7) is 3.70. The Bertz CT molecular complexity index is 493. The van der Waals surface area contributed by atoms with Gasteiger partial charge < -0.3 is 14.2 Å². The second-order valence-electron chi connectivity index (χ2n) is 6.48. The maximum absolute atomic E-state index is 6.02. The minimum absolute atomic E-state index is 0.317. The fourth-order valence-electron chi connectivity index (χ4n) is 3.62. The quantitative estimate of drug-likeness (QED) is 0.852. The van der Waals surface area contributed by atoms with Gasteiger partial charge in [-0.2, -0.15) is 0 Å². The van der Waals surface area contributed by atoms with E-state index in [0.717, 1.165) is 36.3 Å². The predicted molar refractivity (Wildman–Crippen MR) is 80.0 cm³/mol. The van der Waals surface area contributed by atoms with Crippen molar-refractivity contribution in [1.29, 1.82) is 0 Å². The molecule has 2 aliphatic heterocycles. The molecule has 4 nitrogen and oxygen atoms in total. The third kappa shape index (κ3) is 2.95. The average molecular weight is 289 g/mol. The summed E-state index contributed by atoms with van der Waals surface area (Å²) < 4.78 is 16.7. The van der Waals surface area contributed by atoms with Crippen molar-refractivity contribution in [3.05, 3.63) is 18.2 Å². The molecule has 0 spiro atoms. The Balaban J connectivity index is 1.24. The van der Waals surface area contributed by atoms with Crippen LogP contribution in [0.25, 0.3) is 0 Å². The molecule has 3 aliphatic rings. The van der Waals surface area contributed by atoms with E-state index in [2.05, 4.69) is 4.90 Å². The fraction of sp³-hybridized carbons (Fsp3) is 0.647. The van der Waals surface area contributed by atoms with E-state index in [1.807, 2.05) is 18.2 Å². The van der Waals surface area contributed by atoms with Crippen LogP contribution >= 0.6 is 0 Å². The molecule has 1 aliphatic carbocycles. The molecule has 2 heterocycles. The summed E-state index contributed by atoms with van der Waals surface area (Å²) in [4.78, 5) is 2.54. The highest BCUT2D eigenvalue weighted by Gasteiger charge is 2.30. The highest BCUT2D eigenvalue weighted by atomic mass is 16.7. The lowest BCUT2D eigenvalue weighted by atomic mass is 9.88. The first-order valence-electron chi connectivity index (χ1n) is 8.15. The first-order valence-corrected chi connectivity index (χ1v) is 8.15. The molecule has 1 saturated heterocycles. The summed E-state index contributed by atoms with van der Waals surface area (Å²) in [5.74, 6) is 3.42. The van der Waals surface area contributed by atoms with Gasteiger partial charge in [0.25, 0.3) is 0 Å². The molecule has 4 heteroatoms. The summed E-state index contributed by atoms with van der Waals surface area (Å²) in [7, 11) is 0. The van der Waals surface area contributed by atoms with Crippen molar-refractivity contribution in [2.45, 2.75) is 38.2 Å². The lowest BCUT2D eigenvalue weighted by molar-refractivity contribution is 0.00661. The molecule has 1 aromatic carbocycles. The number of ether oxygens (including phenoxy) is 3. The largest absolute Gasteiger partial charge is 0.488 e. The monoisotopic (exact) mass is 289 g/mol. The van der Waals surface area contributed by atoms with Crippen LogP contribution in [0.3, 0.4) is 0 Å². The second kappa shape index (κ2) is 5.76. The van der Waals surface area contributed by atoms with E-state index in [1.54, 1.807) is 0 Å². The van der Waals surface area contributed by atoms with Gasteiger partial charge in [0.2, 0.25) is 6.79 Å². The van der Waals surface area contributed by atoms with E-state index in [4.69, 9.17) is 14.2 Å². The van der Waals surface area contributed by atoms with Crippen molar-refractivity contribution in [1.82, 2.24) is 4.90 Å². The number of benzene rings is 1. The minimum atomic E-state index is 0.317. The first kappa shape index (κ1) is 13.3. The molecule has 2 fully saturated rings. The van der Waals surface area contributed by atoms with E-state index in [-0.39, 0.29) is 0 Å². The molecular weight excluding hydrogens is 266 g/mol. The highest BCUT2D eigenvalue weighted by Crippen LogP contribution is 2.36. The van der Waals surface area contributed by atoms with Gasteiger partial charge in [0.05, 0.1) is 0 Å². The van der Waals surface area contributed by atoms with Crippen LogP contribution in [0.1, 0.15) is 32.1 Å². The van der Waals surface area contributed by atoms with Crippen molar-refractivity contribution in [3.8, 4) is 17.2 Å². The van der Waals surface area contributed by atoms with Gasteiger partial charge in [0.15, 0.2) is 11.5 Å². The molecule has 0 radical (unpaired) electrons. The molecular formula is C17H23NO3. The molecule has 114 valence electrons. The number of fused-ring (bicyclic) bond motifs is 1. The Morgan fingerprint density at radius 3 is 2.71 bits per heavy atom. The van der Waals surface area contributed by atoms with Crippen LogP contribution in [0.5, 0.6) is 17.2 Å². The van der Waals surface area contributed by atoms with Crippen molar-refractivity contribution in [3.63, 3.8) is 0 Å². The number of likely N-dealkylation sites (tertiary alicyclic amines) is 1. The Morgan fingerprint density at radius 2 is 1.86 bits per heavy atom. The molecule has 21 heavy (non-hydrogen) atoms. The molecule has 4 rings (SSSR count). The predicted octanol–water partition coefficient (Wildman–Crippen LogP) is 3.06. The molecule has 1 saturated carbocycles. The van der Waals surface area contributed by atoms with Crippen LogP contribution in [0, 0.1) is 5.92 Å². The first-order chi connectivity index (χ1) is 10.4. The molecule has 0 bridgehead atoms. The van der Waals surface area contributed by atoms with Crippen LogP contribution in [0.15, 0.2) is 18.2 Å². The van der Waals surface area contributed by atoms with Crippen LogP contribution in [0.4, 0.5) is 0 Å². The van der Waals surface area contributed by atoms with Gasteiger partial charge in [-0.15, -0.1) is 0 Å². The lowest BCUT2D eigenvalue weighted by Crippen LogP contribution is -2.55. The number of nitrogens with zero attached hydrogens (tertiary/aromatic N) is 1. The van der Waals surface area contributed by atoms with Crippen LogP contribution < -0.4 is 14.2 Å². The Morgan fingerprint density at radius 1 is 1.05 bits per heavy atom. The SMILES string of the molecule is c1cc2c(cc1OC1CN(CC3CCCCC3)C1)OCO2. The second-order valence-corrected chi connectivity index (χ2v) is 6.48. The van der Waals surface area contributed by atoms with E-state index in [1.165, 1.54) is 38.6 Å². The maximum Gasteiger partial charge on any atom is 0.231 e. The summed E-state index contributed by atoms with van der Waals surface area (Å²) in [6, 6.07) is 5.83. The van der Waals surface area contributed by atoms with E-state index in [9.17, 15) is 0 Å². The lowest BCUT2D eigenvalue weighted by Gasteiger charge is -2.41. The molecule has 0 unspecified atom stereocenters. The summed E-state index contributed by atoms with van der Waals surface area (Å²) in [5.41, 5.74) is 0. The van der Waals surface area contributed by atoms with E-state index >= 15 is 0 Å². The third-order valence-electron chi connectivity index (χ3n) is 4.81. The zero-order chi connectivity index (χ0) is 14.1. The van der Waals surface area contributed by atoms with E-state index < -0.39 is 0 Å². The summed E-state index contributed by atoms with van der Waals surface area (Å²) >= 11 is 0.